The van der Waals surface area contributed by atoms with E-state index in [0.717, 1.165) is 32.5 Å². The summed E-state index contributed by atoms with van der Waals surface area (Å²) in [6.45, 7) is 2.60. The minimum Gasteiger partial charge on any atom is -0.506 e. The molecule has 2 heterocycles. The molecular weight excluding hydrogens is 428 g/mol. The van der Waals surface area contributed by atoms with Crippen molar-refractivity contribution in [3.63, 3.8) is 0 Å². The van der Waals surface area contributed by atoms with Gasteiger partial charge in [-0.25, -0.2) is 0 Å². The quantitative estimate of drug-likeness (QED) is 0.179. The van der Waals surface area contributed by atoms with Crippen molar-refractivity contribution in [3.8, 4) is 11.5 Å². The van der Waals surface area contributed by atoms with Crippen LogP contribution in [0.3, 0.4) is 0 Å². The molecule has 0 atom stereocenters. The van der Waals surface area contributed by atoms with Gasteiger partial charge in [-0.15, -0.1) is 0 Å². The number of nitrogen functional groups attached to an aromatic ring is 3. The predicted octanol–water partition coefficient (Wildman–Crippen LogP) is 2.40. The minimum absolute atomic E-state index is 0.0892. The van der Waals surface area contributed by atoms with Gasteiger partial charge in [-0.1, -0.05) is 30.3 Å². The molecule has 172 valence electrons. The number of hydrogen-bond donors (Lipinski definition) is 5. The first-order chi connectivity index (χ1) is 16.4. The van der Waals surface area contributed by atoms with E-state index in [-0.39, 0.29) is 16.9 Å². The molecule has 0 unspecified atom stereocenters. The lowest BCUT2D eigenvalue weighted by atomic mass is 9.96. The van der Waals surface area contributed by atoms with Crippen molar-refractivity contribution in [2.45, 2.75) is 25.0 Å². The molecule has 0 aromatic heterocycles. The zero-order valence-corrected chi connectivity index (χ0v) is 18.6. The summed E-state index contributed by atoms with van der Waals surface area (Å²) in [5.74, 6) is -0.199. The summed E-state index contributed by atoms with van der Waals surface area (Å²) in [5, 5.41) is 24.9. The molecule has 1 saturated heterocycles. The molecule has 0 radical (unpaired) electrons. The van der Waals surface area contributed by atoms with Crippen LogP contribution in [0.25, 0.3) is 21.5 Å². The van der Waals surface area contributed by atoms with E-state index < -0.39 is 5.66 Å². The summed E-state index contributed by atoms with van der Waals surface area (Å²) in [6.07, 6.45) is 1.51. The van der Waals surface area contributed by atoms with Crippen LogP contribution in [-0.4, -0.2) is 33.9 Å². The minimum atomic E-state index is -0.603. The summed E-state index contributed by atoms with van der Waals surface area (Å²) in [4.78, 5) is 12.4. The Balaban J connectivity index is 1.47. The Labute approximate surface area is 195 Å². The monoisotopic (exact) mass is 454 g/mol. The van der Waals surface area contributed by atoms with E-state index in [0.29, 0.717) is 43.9 Å². The summed E-state index contributed by atoms with van der Waals surface area (Å²) in [5.41, 5.74) is 20.2. The van der Waals surface area contributed by atoms with Crippen LogP contribution in [0.4, 0.5) is 17.1 Å². The van der Waals surface area contributed by atoms with E-state index in [1.54, 1.807) is 18.2 Å². The molecule has 0 bridgehead atoms. The molecule has 0 amide bonds. The van der Waals surface area contributed by atoms with Gasteiger partial charge >= 0.3 is 0 Å². The van der Waals surface area contributed by atoms with Crippen LogP contribution in [0, 0.1) is 0 Å². The molecule has 0 saturated carbocycles. The number of piperidine rings is 1. The number of hydrogen-bond acceptors (Lipinski definition) is 8. The maximum absolute atomic E-state index is 11.3. The molecule has 4 aromatic carbocycles. The second-order valence-corrected chi connectivity index (χ2v) is 9.24. The largest absolute Gasteiger partial charge is 0.506 e. The Kier molecular flexibility index (Phi) is 4.37. The van der Waals surface area contributed by atoms with Gasteiger partial charge in [0.2, 0.25) is 0 Å². The maximum Gasteiger partial charge on any atom is 0.154 e. The van der Waals surface area contributed by atoms with Gasteiger partial charge in [0, 0.05) is 49.5 Å². The molecule has 0 aliphatic carbocycles. The van der Waals surface area contributed by atoms with Crippen LogP contribution in [0.15, 0.2) is 58.5 Å². The topological polar surface area (TPSA) is 146 Å². The van der Waals surface area contributed by atoms with Gasteiger partial charge in [0.25, 0.3) is 0 Å². The molecule has 2 aliphatic rings. The molecule has 8 N–H and O–H groups in total. The number of anilines is 3. The van der Waals surface area contributed by atoms with Crippen LogP contribution in [0.1, 0.15) is 18.4 Å². The number of fused-ring (bicyclic) bond motifs is 4. The SMILES string of the molecule is Nc1ccc(N)c2c(O)c3c4c(cc(N)c3c(O)c12)=NC1(CCN(Cc2ccccc2)CC1)N=4. The Morgan fingerprint density at radius 3 is 2.00 bits per heavy atom. The van der Waals surface area contributed by atoms with Crippen LogP contribution in [0.5, 0.6) is 11.5 Å². The van der Waals surface area contributed by atoms with Crippen molar-refractivity contribution in [1.82, 2.24) is 4.90 Å². The van der Waals surface area contributed by atoms with Gasteiger partial charge in [0.1, 0.15) is 11.5 Å². The smallest absolute Gasteiger partial charge is 0.154 e. The van der Waals surface area contributed by atoms with E-state index in [1.807, 2.05) is 6.07 Å². The molecule has 1 spiro atoms. The van der Waals surface area contributed by atoms with Gasteiger partial charge in [0.05, 0.1) is 32.3 Å². The Bertz CT molecular complexity index is 1590. The number of phenols is 2. The van der Waals surface area contributed by atoms with E-state index in [9.17, 15) is 10.2 Å². The number of phenolic OH excluding ortho intramolecular Hbond substituents is 2. The zero-order valence-electron chi connectivity index (χ0n) is 18.6. The van der Waals surface area contributed by atoms with E-state index >= 15 is 0 Å². The molecule has 8 nitrogen and oxygen atoms in total. The summed E-state index contributed by atoms with van der Waals surface area (Å²) >= 11 is 0. The first-order valence-electron chi connectivity index (χ1n) is 11.4. The number of nitrogens with two attached hydrogens (primary N) is 3. The molecule has 8 heteroatoms. The number of aromatic hydroxyl groups is 2. The predicted molar refractivity (Wildman–Crippen MR) is 134 cm³/mol. The molecule has 1 fully saturated rings. The van der Waals surface area contributed by atoms with E-state index in [2.05, 4.69) is 29.2 Å². The normalized spacial score (nSPS) is 17.1. The number of likely N-dealkylation sites (tertiary alicyclic amines) is 1. The second kappa shape index (κ2) is 7.23. The lowest BCUT2D eigenvalue weighted by Gasteiger charge is -2.35. The fraction of sp³-hybridized carbons (Fsp3) is 0.231. The van der Waals surface area contributed by atoms with Gasteiger partial charge in [-0.3, -0.25) is 14.9 Å². The summed E-state index contributed by atoms with van der Waals surface area (Å²) in [6, 6.07) is 15.3. The van der Waals surface area contributed by atoms with Crippen molar-refractivity contribution >= 4 is 38.6 Å². The van der Waals surface area contributed by atoms with Gasteiger partial charge in [-0.05, 0) is 23.8 Å². The Hall–Kier alpha value is -4.04. The first-order valence-corrected chi connectivity index (χ1v) is 11.4. The lowest BCUT2D eigenvalue weighted by molar-refractivity contribution is 0.160. The number of benzene rings is 4. The highest BCUT2D eigenvalue weighted by atomic mass is 16.3. The highest BCUT2D eigenvalue weighted by molar-refractivity contribution is 6.20. The third-order valence-electron chi connectivity index (χ3n) is 7.08. The van der Waals surface area contributed by atoms with Gasteiger partial charge in [-0.2, -0.15) is 0 Å². The third-order valence-corrected chi connectivity index (χ3v) is 7.08. The van der Waals surface area contributed by atoms with Crippen molar-refractivity contribution in [3.05, 3.63) is 64.8 Å². The average Bonchev–Trinajstić information content (AvgIpc) is 3.18. The Morgan fingerprint density at radius 2 is 1.35 bits per heavy atom. The van der Waals surface area contributed by atoms with Crippen LogP contribution in [0.2, 0.25) is 0 Å². The second-order valence-electron chi connectivity index (χ2n) is 9.24. The average molecular weight is 455 g/mol. The number of nitrogens with zero attached hydrogens (tertiary/aromatic N) is 3. The van der Waals surface area contributed by atoms with Crippen LogP contribution >= 0.6 is 0 Å². The van der Waals surface area contributed by atoms with E-state index in [1.165, 1.54) is 5.56 Å². The van der Waals surface area contributed by atoms with Crippen molar-refractivity contribution in [1.29, 1.82) is 0 Å². The van der Waals surface area contributed by atoms with E-state index in [4.69, 9.17) is 27.2 Å². The third kappa shape index (κ3) is 2.95. The van der Waals surface area contributed by atoms with Crippen molar-refractivity contribution in [2.24, 2.45) is 9.98 Å². The summed E-state index contributed by atoms with van der Waals surface area (Å²) < 4.78 is 0. The molecular formula is C26H26N6O2. The van der Waals surface area contributed by atoms with Crippen LogP contribution in [-0.2, 0) is 6.54 Å². The maximum atomic E-state index is 11.3. The van der Waals surface area contributed by atoms with Crippen LogP contribution < -0.4 is 27.9 Å². The van der Waals surface area contributed by atoms with Crippen molar-refractivity contribution < 1.29 is 10.2 Å². The summed E-state index contributed by atoms with van der Waals surface area (Å²) in [7, 11) is 0. The molecule has 6 rings (SSSR count). The Morgan fingerprint density at radius 1 is 0.765 bits per heavy atom. The molecule has 4 aromatic rings. The van der Waals surface area contributed by atoms with Gasteiger partial charge < -0.3 is 27.4 Å². The molecule has 34 heavy (non-hydrogen) atoms. The number of rotatable bonds is 2. The van der Waals surface area contributed by atoms with Crippen molar-refractivity contribution in [2.75, 3.05) is 30.3 Å². The lowest BCUT2D eigenvalue weighted by Crippen LogP contribution is -2.41. The standard InChI is InChI=1S/C26H26N6O2/c27-15-6-7-16(28)20-19(15)24(33)21-17(29)12-18-23(22(21)25(20)34)31-26(30-18)8-10-32(11-9-26)13-14-4-2-1-3-5-14/h1-7,12,33-34H,8-11,13,27-29H2. The fourth-order valence-corrected chi connectivity index (χ4v) is 5.35. The first kappa shape index (κ1) is 20.6. The fourth-order valence-electron chi connectivity index (χ4n) is 5.35. The zero-order chi connectivity index (χ0) is 23.6. The highest BCUT2D eigenvalue weighted by Gasteiger charge is 2.36. The molecule has 2 aliphatic heterocycles. The highest BCUT2D eigenvalue weighted by Crippen LogP contribution is 2.46. The van der Waals surface area contributed by atoms with Gasteiger partial charge in [0.15, 0.2) is 5.66 Å².